The molecule has 0 unspecified atom stereocenters. The van der Waals surface area contributed by atoms with E-state index in [0.717, 1.165) is 25.7 Å². The quantitative estimate of drug-likeness (QED) is 0.375. The molecule has 6 heteroatoms. The molecule has 1 aliphatic rings. The Kier molecular flexibility index (Phi) is 6.09. The van der Waals surface area contributed by atoms with Crippen molar-refractivity contribution in [2.75, 3.05) is 0 Å². The number of carbonyl (C=O) groups is 2. The van der Waals surface area contributed by atoms with Crippen molar-refractivity contribution in [2.24, 2.45) is 11.0 Å². The van der Waals surface area contributed by atoms with E-state index in [-0.39, 0.29) is 11.9 Å². The van der Waals surface area contributed by atoms with E-state index < -0.39 is 11.5 Å². The Balaban J connectivity index is 1.93. The molecule has 2 rings (SSSR count). The van der Waals surface area contributed by atoms with Crippen molar-refractivity contribution in [3.05, 3.63) is 29.8 Å². The summed E-state index contributed by atoms with van der Waals surface area (Å²) in [4.78, 5) is 23.6. The van der Waals surface area contributed by atoms with Gasteiger partial charge in [0.2, 0.25) is 0 Å². The van der Waals surface area contributed by atoms with E-state index in [2.05, 4.69) is 10.5 Å². The Hall–Kier alpha value is -2.21. The largest absolute Gasteiger partial charge is 0.426 e. The van der Waals surface area contributed by atoms with E-state index in [0.29, 0.717) is 11.3 Å². The molecular formula is C18H24N2O4. The molecule has 130 valence electrons. The van der Waals surface area contributed by atoms with Crippen LogP contribution >= 0.6 is 0 Å². The maximum atomic E-state index is 12.2. The van der Waals surface area contributed by atoms with Crippen LogP contribution in [0, 0.1) is 5.92 Å². The summed E-state index contributed by atoms with van der Waals surface area (Å²) in [6, 6.07) is 6.92. The summed E-state index contributed by atoms with van der Waals surface area (Å²) in [5.74, 6) is -0.330. The Labute approximate surface area is 141 Å². The Morgan fingerprint density at radius 1 is 1.29 bits per heavy atom. The zero-order valence-electron chi connectivity index (χ0n) is 14.1. The van der Waals surface area contributed by atoms with Crippen molar-refractivity contribution in [3.8, 4) is 5.75 Å². The van der Waals surface area contributed by atoms with Gasteiger partial charge in [0.15, 0.2) is 0 Å². The fourth-order valence-corrected chi connectivity index (χ4v) is 2.50. The number of esters is 1. The number of rotatable bonds is 5. The topological polar surface area (TPSA) is 88.0 Å². The number of benzene rings is 1. The first-order chi connectivity index (χ1) is 11.4. The third-order valence-electron chi connectivity index (χ3n) is 3.95. The van der Waals surface area contributed by atoms with E-state index in [4.69, 9.17) is 4.74 Å². The van der Waals surface area contributed by atoms with E-state index in [1.54, 1.807) is 24.3 Å². The fraction of sp³-hybridized carbons (Fsp3) is 0.500. The molecule has 0 aliphatic heterocycles. The van der Waals surface area contributed by atoms with Gasteiger partial charge in [0.05, 0.1) is 12.1 Å². The highest BCUT2D eigenvalue weighted by Gasteiger charge is 2.23. The summed E-state index contributed by atoms with van der Waals surface area (Å²) in [5.41, 5.74) is 1.44. The van der Waals surface area contributed by atoms with Gasteiger partial charge in [-0.15, -0.1) is 0 Å². The van der Waals surface area contributed by atoms with Crippen LogP contribution in [0.1, 0.15) is 51.5 Å². The van der Waals surface area contributed by atoms with Crippen molar-refractivity contribution in [3.63, 3.8) is 0 Å². The second-order valence-corrected chi connectivity index (χ2v) is 6.59. The van der Waals surface area contributed by atoms with Gasteiger partial charge in [-0.05, 0) is 44.4 Å². The SMILES string of the molecule is CC(C)(O)C(=O)N/N=C/c1cccc(OC(=O)C2CCCCC2)c1. The highest BCUT2D eigenvalue weighted by molar-refractivity contribution is 5.86. The normalized spacial score (nSPS) is 16.1. The van der Waals surface area contributed by atoms with Crippen LogP contribution in [0.2, 0.25) is 0 Å². The molecule has 0 heterocycles. The predicted molar refractivity (Wildman–Crippen MR) is 90.7 cm³/mol. The minimum Gasteiger partial charge on any atom is -0.426 e. The molecule has 24 heavy (non-hydrogen) atoms. The zero-order valence-corrected chi connectivity index (χ0v) is 14.1. The van der Waals surface area contributed by atoms with Crippen LogP contribution in [-0.2, 0) is 9.59 Å². The molecule has 1 aromatic carbocycles. The van der Waals surface area contributed by atoms with Crippen LogP contribution < -0.4 is 10.2 Å². The van der Waals surface area contributed by atoms with Gasteiger partial charge < -0.3 is 9.84 Å². The number of carbonyl (C=O) groups excluding carboxylic acids is 2. The van der Waals surface area contributed by atoms with Gasteiger partial charge in [-0.2, -0.15) is 5.10 Å². The van der Waals surface area contributed by atoms with E-state index in [9.17, 15) is 14.7 Å². The number of amides is 1. The summed E-state index contributed by atoms with van der Waals surface area (Å²) >= 11 is 0. The molecule has 0 spiro atoms. The van der Waals surface area contributed by atoms with Crippen LogP contribution in [0.4, 0.5) is 0 Å². The minimum atomic E-state index is -1.49. The molecule has 1 amide bonds. The number of hydrazone groups is 1. The molecule has 2 N–H and O–H groups in total. The number of aliphatic hydroxyl groups is 1. The van der Waals surface area contributed by atoms with E-state index in [1.807, 2.05) is 0 Å². The van der Waals surface area contributed by atoms with Gasteiger partial charge in [-0.25, -0.2) is 5.43 Å². The summed E-state index contributed by atoms with van der Waals surface area (Å²) in [7, 11) is 0. The van der Waals surface area contributed by atoms with Gasteiger partial charge in [-0.1, -0.05) is 31.4 Å². The third-order valence-corrected chi connectivity index (χ3v) is 3.95. The average Bonchev–Trinajstić information content (AvgIpc) is 2.55. The standard InChI is InChI=1S/C18H24N2O4/c1-18(2,23)17(22)20-19-12-13-7-6-10-15(11-13)24-16(21)14-8-4-3-5-9-14/h6-7,10-12,14,23H,3-5,8-9H2,1-2H3,(H,20,22)/b19-12+. The van der Waals surface area contributed by atoms with Crippen molar-refractivity contribution in [1.29, 1.82) is 0 Å². The molecular weight excluding hydrogens is 308 g/mol. The summed E-state index contributed by atoms with van der Waals surface area (Å²) in [6.45, 7) is 2.76. The molecule has 0 saturated heterocycles. The Morgan fingerprint density at radius 3 is 2.67 bits per heavy atom. The van der Waals surface area contributed by atoms with Crippen LogP contribution in [0.25, 0.3) is 0 Å². The molecule has 1 aliphatic carbocycles. The minimum absolute atomic E-state index is 0.0119. The number of ether oxygens (including phenoxy) is 1. The number of nitrogens with zero attached hydrogens (tertiary/aromatic N) is 1. The van der Waals surface area contributed by atoms with Crippen molar-refractivity contribution < 1.29 is 19.4 Å². The number of hydrogen-bond donors (Lipinski definition) is 2. The van der Waals surface area contributed by atoms with Gasteiger partial charge in [0.25, 0.3) is 5.91 Å². The lowest BCUT2D eigenvalue weighted by atomic mass is 9.89. The first kappa shape index (κ1) is 18.1. The van der Waals surface area contributed by atoms with Gasteiger partial charge >= 0.3 is 5.97 Å². The second kappa shape index (κ2) is 8.06. The van der Waals surface area contributed by atoms with Gasteiger partial charge in [0.1, 0.15) is 11.4 Å². The predicted octanol–water partition coefficient (Wildman–Crippen LogP) is 2.39. The first-order valence-electron chi connectivity index (χ1n) is 8.24. The Bertz CT molecular complexity index is 614. The molecule has 0 bridgehead atoms. The summed E-state index contributed by atoms with van der Waals surface area (Å²) < 4.78 is 5.45. The molecule has 1 aromatic rings. The maximum absolute atomic E-state index is 12.2. The smallest absolute Gasteiger partial charge is 0.314 e. The lowest BCUT2D eigenvalue weighted by Gasteiger charge is -2.19. The van der Waals surface area contributed by atoms with E-state index in [1.165, 1.54) is 26.5 Å². The van der Waals surface area contributed by atoms with E-state index >= 15 is 0 Å². The van der Waals surface area contributed by atoms with Crippen molar-refractivity contribution in [1.82, 2.24) is 5.43 Å². The van der Waals surface area contributed by atoms with Crippen LogP contribution in [-0.4, -0.2) is 28.8 Å². The van der Waals surface area contributed by atoms with Gasteiger partial charge in [-0.3, -0.25) is 9.59 Å². The van der Waals surface area contributed by atoms with Crippen LogP contribution in [0.5, 0.6) is 5.75 Å². The maximum Gasteiger partial charge on any atom is 0.314 e. The highest BCUT2D eigenvalue weighted by atomic mass is 16.5. The zero-order chi connectivity index (χ0) is 17.6. The molecule has 0 radical (unpaired) electrons. The molecule has 0 aromatic heterocycles. The lowest BCUT2D eigenvalue weighted by Crippen LogP contribution is -2.39. The highest BCUT2D eigenvalue weighted by Crippen LogP contribution is 2.25. The van der Waals surface area contributed by atoms with Crippen molar-refractivity contribution >= 4 is 18.1 Å². The van der Waals surface area contributed by atoms with Crippen molar-refractivity contribution in [2.45, 2.75) is 51.6 Å². The third kappa shape index (κ3) is 5.45. The molecule has 1 fully saturated rings. The fourth-order valence-electron chi connectivity index (χ4n) is 2.50. The summed E-state index contributed by atoms with van der Waals surface area (Å²) in [5, 5.41) is 13.3. The number of hydrogen-bond acceptors (Lipinski definition) is 5. The monoisotopic (exact) mass is 332 g/mol. The second-order valence-electron chi connectivity index (χ2n) is 6.59. The molecule has 1 saturated carbocycles. The summed E-state index contributed by atoms with van der Waals surface area (Å²) in [6.07, 6.45) is 6.56. The van der Waals surface area contributed by atoms with Crippen LogP contribution in [0.15, 0.2) is 29.4 Å². The van der Waals surface area contributed by atoms with Gasteiger partial charge in [0, 0.05) is 0 Å². The lowest BCUT2D eigenvalue weighted by molar-refractivity contribution is -0.140. The Morgan fingerprint density at radius 2 is 2.00 bits per heavy atom. The number of nitrogens with one attached hydrogen (secondary N) is 1. The average molecular weight is 332 g/mol. The first-order valence-corrected chi connectivity index (χ1v) is 8.24. The van der Waals surface area contributed by atoms with Crippen LogP contribution in [0.3, 0.4) is 0 Å². The molecule has 0 atom stereocenters. The molecule has 6 nitrogen and oxygen atoms in total.